The zero-order chi connectivity index (χ0) is 24.0. The standard InChI is InChI=1S/C23H14ClN3O6/c24-17-7-5-14(6-8-17)23(30)33-21-4-2-1-3-15(21)11-16(13-25)22(29)26-19-10-9-18(27(31)32)12-20(19)28/h1-12,28H,(H,26,29). The topological polar surface area (TPSA) is 143 Å². The molecule has 3 aromatic carbocycles. The Kier molecular flexibility index (Phi) is 7.03. The lowest BCUT2D eigenvalue weighted by Gasteiger charge is -2.09. The molecule has 33 heavy (non-hydrogen) atoms. The second-order valence-corrected chi connectivity index (χ2v) is 6.95. The fraction of sp³-hybridized carbons (Fsp3) is 0. The summed E-state index contributed by atoms with van der Waals surface area (Å²) in [7, 11) is 0. The summed E-state index contributed by atoms with van der Waals surface area (Å²) in [6, 6.07) is 17.2. The first-order valence-electron chi connectivity index (χ1n) is 9.26. The van der Waals surface area contributed by atoms with Crippen LogP contribution in [-0.4, -0.2) is 21.9 Å². The monoisotopic (exact) mass is 463 g/mol. The van der Waals surface area contributed by atoms with Crippen LogP contribution >= 0.6 is 11.6 Å². The highest BCUT2D eigenvalue weighted by molar-refractivity contribution is 6.30. The molecule has 2 N–H and O–H groups in total. The Morgan fingerprint density at radius 1 is 1.12 bits per heavy atom. The van der Waals surface area contributed by atoms with Crippen LogP contribution in [0.2, 0.25) is 5.02 Å². The smallest absolute Gasteiger partial charge is 0.343 e. The molecule has 0 saturated carbocycles. The molecule has 3 rings (SSSR count). The molecule has 0 radical (unpaired) electrons. The number of nitriles is 1. The van der Waals surface area contributed by atoms with Gasteiger partial charge in [-0.05, 0) is 42.5 Å². The van der Waals surface area contributed by atoms with Gasteiger partial charge in [0, 0.05) is 16.7 Å². The number of phenols is 1. The SMILES string of the molecule is N#CC(=Cc1ccccc1OC(=O)c1ccc(Cl)cc1)C(=O)Nc1ccc([N+](=O)[O-])cc1O. The lowest BCUT2D eigenvalue weighted by molar-refractivity contribution is -0.384. The van der Waals surface area contributed by atoms with Crippen molar-refractivity contribution in [3.63, 3.8) is 0 Å². The number of anilines is 1. The van der Waals surface area contributed by atoms with Crippen LogP contribution in [0.1, 0.15) is 15.9 Å². The predicted molar refractivity (Wildman–Crippen MR) is 120 cm³/mol. The first-order valence-corrected chi connectivity index (χ1v) is 9.63. The van der Waals surface area contributed by atoms with Crippen LogP contribution in [-0.2, 0) is 4.79 Å². The molecule has 0 heterocycles. The number of carbonyl (C=O) groups is 2. The molecule has 0 bridgehead atoms. The van der Waals surface area contributed by atoms with Crippen molar-refractivity contribution in [1.82, 2.24) is 0 Å². The Morgan fingerprint density at radius 3 is 2.45 bits per heavy atom. The fourth-order valence-electron chi connectivity index (χ4n) is 2.67. The van der Waals surface area contributed by atoms with Gasteiger partial charge in [0.25, 0.3) is 11.6 Å². The van der Waals surface area contributed by atoms with E-state index in [4.69, 9.17) is 16.3 Å². The van der Waals surface area contributed by atoms with Gasteiger partial charge in [0.05, 0.1) is 22.2 Å². The number of non-ortho nitro benzene ring substituents is 1. The number of carbonyl (C=O) groups excluding carboxylic acids is 2. The number of hydrogen-bond donors (Lipinski definition) is 2. The Hall–Kier alpha value is -4.68. The number of nitro groups is 1. The molecule has 3 aromatic rings. The van der Waals surface area contributed by atoms with Crippen molar-refractivity contribution in [3.05, 3.63) is 98.6 Å². The van der Waals surface area contributed by atoms with Crippen LogP contribution in [0.3, 0.4) is 0 Å². The van der Waals surface area contributed by atoms with Gasteiger partial charge in [-0.1, -0.05) is 29.8 Å². The second kappa shape index (κ2) is 10.1. The number of esters is 1. The number of hydrogen-bond acceptors (Lipinski definition) is 7. The van der Waals surface area contributed by atoms with E-state index >= 15 is 0 Å². The van der Waals surface area contributed by atoms with Gasteiger partial charge in [-0.15, -0.1) is 0 Å². The largest absolute Gasteiger partial charge is 0.506 e. The Labute approximate surface area is 192 Å². The molecular formula is C23H14ClN3O6. The Balaban J connectivity index is 1.83. The quantitative estimate of drug-likeness (QED) is 0.102. The minimum atomic E-state index is -0.875. The van der Waals surface area contributed by atoms with E-state index in [-0.39, 0.29) is 33.8 Å². The molecule has 0 atom stereocenters. The van der Waals surface area contributed by atoms with Crippen LogP contribution in [0.4, 0.5) is 11.4 Å². The van der Waals surface area contributed by atoms with Crippen LogP contribution < -0.4 is 10.1 Å². The minimum Gasteiger partial charge on any atom is -0.506 e. The summed E-state index contributed by atoms with van der Waals surface area (Å²) in [6.07, 6.45) is 1.21. The zero-order valence-corrected chi connectivity index (χ0v) is 17.4. The molecule has 0 unspecified atom stereocenters. The number of rotatable bonds is 6. The van der Waals surface area contributed by atoms with E-state index in [0.717, 1.165) is 18.2 Å². The zero-order valence-electron chi connectivity index (χ0n) is 16.7. The van der Waals surface area contributed by atoms with E-state index < -0.39 is 22.5 Å². The number of nitrogens with one attached hydrogen (secondary N) is 1. The number of ether oxygens (including phenoxy) is 1. The lowest BCUT2D eigenvalue weighted by Crippen LogP contribution is -2.14. The highest BCUT2D eigenvalue weighted by atomic mass is 35.5. The van der Waals surface area contributed by atoms with E-state index in [1.54, 1.807) is 24.3 Å². The van der Waals surface area contributed by atoms with Gasteiger partial charge in [0.15, 0.2) is 0 Å². The first-order chi connectivity index (χ1) is 15.8. The maximum Gasteiger partial charge on any atom is 0.343 e. The third-order valence-corrected chi connectivity index (χ3v) is 4.56. The van der Waals surface area contributed by atoms with E-state index in [1.807, 2.05) is 0 Å². The highest BCUT2D eigenvalue weighted by Crippen LogP contribution is 2.29. The van der Waals surface area contributed by atoms with Crippen molar-refractivity contribution in [3.8, 4) is 17.6 Å². The third kappa shape index (κ3) is 5.72. The average molecular weight is 464 g/mol. The maximum atomic E-state index is 12.5. The van der Waals surface area contributed by atoms with Crippen LogP contribution in [0.15, 0.2) is 72.3 Å². The molecule has 9 nitrogen and oxygen atoms in total. The molecule has 0 aliphatic carbocycles. The molecule has 0 spiro atoms. The second-order valence-electron chi connectivity index (χ2n) is 6.52. The van der Waals surface area contributed by atoms with Crippen LogP contribution in [0, 0.1) is 21.4 Å². The number of amides is 1. The van der Waals surface area contributed by atoms with E-state index in [0.29, 0.717) is 5.02 Å². The predicted octanol–water partition coefficient (Wildman–Crippen LogP) is 4.72. The van der Waals surface area contributed by atoms with Crippen molar-refractivity contribution in [2.75, 3.05) is 5.32 Å². The number of nitrogens with zero attached hydrogens (tertiary/aromatic N) is 2. The molecule has 164 valence electrons. The molecular weight excluding hydrogens is 450 g/mol. The van der Waals surface area contributed by atoms with Crippen molar-refractivity contribution in [2.45, 2.75) is 0 Å². The van der Waals surface area contributed by atoms with E-state index in [1.165, 1.54) is 36.4 Å². The summed E-state index contributed by atoms with van der Waals surface area (Å²) >= 11 is 5.82. The van der Waals surface area contributed by atoms with Crippen LogP contribution in [0.25, 0.3) is 6.08 Å². The van der Waals surface area contributed by atoms with Crippen molar-refractivity contribution in [1.29, 1.82) is 5.26 Å². The van der Waals surface area contributed by atoms with E-state index in [9.17, 15) is 30.1 Å². The molecule has 1 amide bonds. The first kappa shape index (κ1) is 23.0. The number of para-hydroxylation sites is 1. The van der Waals surface area contributed by atoms with Gasteiger partial charge in [-0.3, -0.25) is 14.9 Å². The molecule has 0 fully saturated rings. The molecule has 0 aliphatic heterocycles. The van der Waals surface area contributed by atoms with Gasteiger partial charge in [-0.2, -0.15) is 5.26 Å². The maximum absolute atomic E-state index is 12.5. The molecule has 10 heteroatoms. The third-order valence-electron chi connectivity index (χ3n) is 4.31. The number of aromatic hydroxyl groups is 1. The summed E-state index contributed by atoms with van der Waals surface area (Å²) in [4.78, 5) is 35.0. The molecule has 0 aromatic heterocycles. The Morgan fingerprint density at radius 2 is 1.82 bits per heavy atom. The highest BCUT2D eigenvalue weighted by Gasteiger charge is 2.16. The van der Waals surface area contributed by atoms with Crippen molar-refractivity contribution in [2.24, 2.45) is 0 Å². The van der Waals surface area contributed by atoms with Crippen molar-refractivity contribution < 1.29 is 24.4 Å². The average Bonchev–Trinajstić information content (AvgIpc) is 2.79. The minimum absolute atomic E-state index is 0.108. The van der Waals surface area contributed by atoms with Gasteiger partial charge < -0.3 is 15.2 Å². The molecule has 0 saturated heterocycles. The number of benzene rings is 3. The lowest BCUT2D eigenvalue weighted by atomic mass is 10.1. The van der Waals surface area contributed by atoms with Crippen LogP contribution in [0.5, 0.6) is 11.5 Å². The normalized spacial score (nSPS) is 10.7. The van der Waals surface area contributed by atoms with Gasteiger partial charge in [0.2, 0.25) is 0 Å². The number of halogens is 1. The van der Waals surface area contributed by atoms with Gasteiger partial charge >= 0.3 is 5.97 Å². The summed E-state index contributed by atoms with van der Waals surface area (Å²) in [5.41, 5.74) is -0.306. The van der Waals surface area contributed by atoms with Gasteiger partial charge in [-0.25, -0.2) is 4.79 Å². The fourth-order valence-corrected chi connectivity index (χ4v) is 2.80. The van der Waals surface area contributed by atoms with E-state index in [2.05, 4.69) is 5.32 Å². The Bertz CT molecular complexity index is 1310. The molecule has 0 aliphatic rings. The summed E-state index contributed by atoms with van der Waals surface area (Å²) < 4.78 is 5.40. The summed E-state index contributed by atoms with van der Waals surface area (Å²) in [5, 5.41) is 32.9. The number of phenolic OH excluding ortho intramolecular Hbond substituents is 1. The number of nitro benzene ring substituents is 1. The summed E-state index contributed by atoms with van der Waals surface area (Å²) in [6.45, 7) is 0. The van der Waals surface area contributed by atoms with Crippen molar-refractivity contribution >= 4 is 40.9 Å². The summed E-state index contributed by atoms with van der Waals surface area (Å²) in [5.74, 6) is -1.96. The van der Waals surface area contributed by atoms with Gasteiger partial charge in [0.1, 0.15) is 23.1 Å².